The highest BCUT2D eigenvalue weighted by Crippen LogP contribution is 2.44. The van der Waals surface area contributed by atoms with Crippen molar-refractivity contribution < 1.29 is 33.2 Å². The molecule has 0 radical (unpaired) electrons. The zero-order valence-electron chi connectivity index (χ0n) is 26.2. The minimum atomic E-state index is -1.52. The Kier molecular flexibility index (Phi) is 12.0. The van der Waals surface area contributed by atoms with Crippen LogP contribution in [0, 0.1) is 5.92 Å². The predicted molar refractivity (Wildman–Crippen MR) is 169 cm³/mol. The zero-order chi connectivity index (χ0) is 31.0. The van der Waals surface area contributed by atoms with Crippen LogP contribution in [-0.2, 0) is 34.8 Å². The molecular weight excluding hydrogens is 569 g/mol. The average molecular weight is 616 g/mol. The van der Waals surface area contributed by atoms with E-state index in [1.54, 1.807) is 26.2 Å². The number of hydrogen-bond donors (Lipinski definition) is 0. The van der Waals surface area contributed by atoms with Gasteiger partial charge in [-0.1, -0.05) is 73.7 Å². The Morgan fingerprint density at radius 2 is 1.93 bits per heavy atom. The molecule has 1 aliphatic heterocycles. The third-order valence-corrected chi connectivity index (χ3v) is 10.0. The zero-order valence-corrected chi connectivity index (χ0v) is 28.4. The molecular formula is C32H46NO7PSi. The number of allylic oxidation sites excluding steroid dienone is 4. The van der Waals surface area contributed by atoms with E-state index in [-0.39, 0.29) is 18.5 Å². The first kappa shape index (κ1) is 33.6. The first-order chi connectivity index (χ1) is 19.9. The molecule has 3 unspecified atom stereocenters. The Balaban J connectivity index is 1.86. The molecule has 10 heteroatoms. The predicted octanol–water partition coefficient (Wildman–Crippen LogP) is 7.19. The van der Waals surface area contributed by atoms with Gasteiger partial charge in [0.15, 0.2) is 14.4 Å². The van der Waals surface area contributed by atoms with Crippen molar-refractivity contribution in [3.05, 3.63) is 75.8 Å². The highest BCUT2D eigenvalue weighted by atomic mass is 31.1. The SMILES string of the molecule is CCOC(=O)C(C)N(Oc1ccccc1CC(C)=CCC1=C(CC)C(C)C2=COC(=O)C2=C1OCC[Si](C)(C)C)[PH2]=O. The van der Waals surface area contributed by atoms with E-state index in [0.29, 0.717) is 36.5 Å². The van der Waals surface area contributed by atoms with Crippen LogP contribution >= 0.6 is 8.61 Å². The van der Waals surface area contributed by atoms with Crippen molar-refractivity contribution >= 4 is 28.6 Å². The highest BCUT2D eigenvalue weighted by Gasteiger charge is 2.38. The van der Waals surface area contributed by atoms with E-state index in [0.717, 1.165) is 34.7 Å². The second-order valence-electron chi connectivity index (χ2n) is 11.9. The number of rotatable bonds is 15. The number of carbonyl (C=O) groups is 2. The fourth-order valence-electron chi connectivity index (χ4n) is 5.06. The lowest BCUT2D eigenvalue weighted by Crippen LogP contribution is -2.36. The van der Waals surface area contributed by atoms with Gasteiger partial charge in [-0.25, -0.2) is 4.79 Å². The number of hydroxylamine groups is 1. The molecule has 0 fully saturated rings. The molecule has 230 valence electrons. The van der Waals surface area contributed by atoms with Gasteiger partial charge < -0.3 is 23.6 Å². The van der Waals surface area contributed by atoms with E-state index in [2.05, 4.69) is 46.5 Å². The van der Waals surface area contributed by atoms with Gasteiger partial charge in [-0.05, 0) is 57.7 Å². The summed E-state index contributed by atoms with van der Waals surface area (Å²) in [6.07, 6.45) is 5.80. The van der Waals surface area contributed by atoms with Crippen molar-refractivity contribution in [1.82, 2.24) is 4.83 Å². The van der Waals surface area contributed by atoms with Crippen molar-refractivity contribution in [2.24, 2.45) is 5.92 Å². The van der Waals surface area contributed by atoms with Gasteiger partial charge in [0.25, 0.3) is 0 Å². The topological polar surface area (TPSA) is 91.4 Å². The van der Waals surface area contributed by atoms with Crippen LogP contribution < -0.4 is 4.84 Å². The van der Waals surface area contributed by atoms with Gasteiger partial charge in [-0.2, -0.15) is 0 Å². The monoisotopic (exact) mass is 615 g/mol. The maximum atomic E-state index is 12.8. The number of nitrogens with zero attached hydrogens (tertiary/aromatic N) is 1. The number of carbonyl (C=O) groups excluding carboxylic acids is 2. The minimum Gasteiger partial charge on any atom is -0.493 e. The number of esters is 2. The number of benzene rings is 1. The van der Waals surface area contributed by atoms with Crippen LogP contribution in [0.1, 0.15) is 53.0 Å². The van der Waals surface area contributed by atoms with Crippen LogP contribution in [-0.4, -0.2) is 44.1 Å². The molecule has 1 heterocycles. The Labute approximate surface area is 252 Å². The van der Waals surface area contributed by atoms with E-state index < -0.39 is 28.7 Å². The standard InChI is InChI=1S/C32H46NO7PSi/c1-9-25-22(4)27-20-39-32(35)29(27)30(38-17-18-42(6,7)8)26(25)16-15-21(3)19-24-13-11-12-14-28(24)40-33(41-36)23(5)31(34)37-10-2/h11-15,20,22-23H,9-10,16-19,41H2,1-8H3. The average Bonchev–Trinajstić information content (AvgIpc) is 3.33. The molecule has 0 amide bonds. The molecule has 1 aliphatic carbocycles. The summed E-state index contributed by atoms with van der Waals surface area (Å²) in [6.45, 7) is 17.4. The summed E-state index contributed by atoms with van der Waals surface area (Å²) in [7, 11) is -2.86. The lowest BCUT2D eigenvalue weighted by molar-refractivity contribution is -0.153. The number of fused-ring (bicyclic) bond motifs is 1. The summed E-state index contributed by atoms with van der Waals surface area (Å²) in [5.74, 6) is 0.427. The van der Waals surface area contributed by atoms with Crippen LogP contribution in [0.15, 0.2) is 70.2 Å². The lowest BCUT2D eigenvalue weighted by atomic mass is 9.77. The van der Waals surface area contributed by atoms with Crippen molar-refractivity contribution in [3.63, 3.8) is 0 Å². The van der Waals surface area contributed by atoms with Crippen LogP contribution in [0.4, 0.5) is 0 Å². The molecule has 3 rings (SSSR count). The smallest absolute Gasteiger partial charge is 0.347 e. The van der Waals surface area contributed by atoms with Crippen LogP contribution in [0.3, 0.4) is 0 Å². The van der Waals surface area contributed by atoms with Crippen molar-refractivity contribution in [2.45, 2.75) is 85.6 Å². The fourth-order valence-corrected chi connectivity index (χ4v) is 6.24. The summed E-state index contributed by atoms with van der Waals surface area (Å²) >= 11 is 0. The second-order valence-corrected chi connectivity index (χ2v) is 18.3. The van der Waals surface area contributed by atoms with E-state index in [4.69, 9.17) is 19.0 Å². The van der Waals surface area contributed by atoms with Crippen LogP contribution in [0.2, 0.25) is 25.7 Å². The van der Waals surface area contributed by atoms with E-state index in [1.165, 1.54) is 10.4 Å². The molecule has 2 aliphatic rings. The number of ether oxygens (including phenoxy) is 3. The summed E-state index contributed by atoms with van der Waals surface area (Å²) < 4.78 is 28.8. The molecule has 1 aromatic rings. The van der Waals surface area contributed by atoms with Gasteiger partial charge in [0.05, 0.1) is 19.5 Å². The molecule has 0 spiro atoms. The van der Waals surface area contributed by atoms with Crippen LogP contribution in [0.5, 0.6) is 5.75 Å². The molecule has 0 aromatic heterocycles. The van der Waals surface area contributed by atoms with Gasteiger partial charge in [-0.3, -0.25) is 4.79 Å². The summed E-state index contributed by atoms with van der Waals surface area (Å²) in [6, 6.07) is 7.71. The molecule has 0 saturated heterocycles. The van der Waals surface area contributed by atoms with Gasteiger partial charge in [-0.15, -0.1) is 0 Å². The summed E-state index contributed by atoms with van der Waals surface area (Å²) in [4.78, 5) is 32.2. The fraction of sp³-hybridized carbons (Fsp3) is 0.500. The van der Waals surface area contributed by atoms with Gasteiger partial charge in [0, 0.05) is 25.1 Å². The van der Waals surface area contributed by atoms with Gasteiger partial charge in [0.2, 0.25) is 0 Å². The molecule has 3 atom stereocenters. The van der Waals surface area contributed by atoms with Crippen molar-refractivity contribution in [2.75, 3.05) is 13.2 Å². The third kappa shape index (κ3) is 8.36. The molecule has 0 saturated carbocycles. The molecule has 8 nitrogen and oxygen atoms in total. The normalized spacial score (nSPS) is 18.4. The Hall–Kier alpha value is -2.87. The Morgan fingerprint density at radius 3 is 2.57 bits per heavy atom. The molecule has 42 heavy (non-hydrogen) atoms. The van der Waals surface area contributed by atoms with E-state index in [9.17, 15) is 14.2 Å². The Morgan fingerprint density at radius 1 is 1.21 bits per heavy atom. The summed E-state index contributed by atoms with van der Waals surface area (Å²) in [5.41, 5.74) is 5.77. The first-order valence-electron chi connectivity index (χ1n) is 14.7. The Bertz CT molecular complexity index is 1310. The third-order valence-electron chi connectivity index (χ3n) is 7.56. The van der Waals surface area contributed by atoms with E-state index >= 15 is 0 Å². The van der Waals surface area contributed by atoms with Gasteiger partial charge in [0.1, 0.15) is 17.4 Å². The largest absolute Gasteiger partial charge is 0.493 e. The second kappa shape index (κ2) is 15.0. The maximum Gasteiger partial charge on any atom is 0.347 e. The van der Waals surface area contributed by atoms with Crippen LogP contribution in [0.25, 0.3) is 0 Å². The van der Waals surface area contributed by atoms with Crippen molar-refractivity contribution in [3.8, 4) is 5.75 Å². The quantitative estimate of drug-likeness (QED) is 0.0673. The van der Waals surface area contributed by atoms with Crippen molar-refractivity contribution in [1.29, 1.82) is 0 Å². The number of para-hydroxylation sites is 1. The highest BCUT2D eigenvalue weighted by molar-refractivity contribution is 7.20. The summed E-state index contributed by atoms with van der Waals surface area (Å²) in [5, 5.41) is 0. The van der Waals surface area contributed by atoms with E-state index in [1.807, 2.05) is 18.2 Å². The first-order valence-corrected chi connectivity index (χ1v) is 19.4. The number of cyclic esters (lactones) is 1. The maximum absolute atomic E-state index is 12.8. The molecule has 1 aromatic carbocycles. The lowest BCUT2D eigenvalue weighted by Gasteiger charge is -2.29. The van der Waals surface area contributed by atoms with Gasteiger partial charge >= 0.3 is 11.9 Å². The molecule has 0 N–H and O–H groups in total. The number of hydrogen-bond acceptors (Lipinski definition) is 7. The minimum absolute atomic E-state index is 0.0700. The molecule has 0 bridgehead atoms.